The normalized spacial score (nSPS) is 10.3. The molecule has 0 unspecified atom stereocenters. The lowest BCUT2D eigenvalue weighted by Crippen LogP contribution is -1.95. The topological polar surface area (TPSA) is 48.1 Å². The van der Waals surface area contributed by atoms with Gasteiger partial charge in [-0.3, -0.25) is 0 Å². The van der Waals surface area contributed by atoms with Gasteiger partial charge in [-0.05, 0) is 23.8 Å². The van der Waals surface area contributed by atoms with Crippen molar-refractivity contribution in [1.29, 1.82) is 0 Å². The molecule has 0 saturated heterocycles. The average Bonchev–Trinajstić information content (AvgIpc) is 2.45. The van der Waals surface area contributed by atoms with Crippen molar-refractivity contribution in [2.75, 3.05) is 7.11 Å². The van der Waals surface area contributed by atoms with E-state index in [4.69, 9.17) is 10.5 Å². The van der Waals surface area contributed by atoms with Crippen molar-refractivity contribution < 1.29 is 4.74 Å². The third-order valence-corrected chi connectivity index (χ3v) is 3.54. The highest BCUT2D eigenvalue weighted by Gasteiger charge is 2.00. The molecule has 0 amide bonds. The molecule has 1 heterocycles. The van der Waals surface area contributed by atoms with E-state index in [0.29, 0.717) is 12.4 Å². The number of methoxy groups -OCH3 is 1. The summed E-state index contributed by atoms with van der Waals surface area (Å²) in [7, 11) is 1.63. The second-order valence-corrected chi connectivity index (χ2v) is 4.86. The van der Waals surface area contributed by atoms with E-state index in [1.165, 1.54) is 4.90 Å². The molecule has 0 aliphatic rings. The van der Waals surface area contributed by atoms with E-state index in [9.17, 15) is 0 Å². The van der Waals surface area contributed by atoms with E-state index >= 15 is 0 Å². The minimum atomic E-state index is 0.575. The number of thioether (sulfide) groups is 1. The van der Waals surface area contributed by atoms with Crippen LogP contribution in [0, 0.1) is 0 Å². The molecule has 18 heavy (non-hydrogen) atoms. The van der Waals surface area contributed by atoms with Crippen LogP contribution in [0.2, 0.25) is 0 Å². The number of hydrogen-bond donors (Lipinski definition) is 1. The molecule has 0 saturated carbocycles. The van der Waals surface area contributed by atoms with E-state index < -0.39 is 0 Å². The van der Waals surface area contributed by atoms with Crippen molar-refractivity contribution in [2.45, 2.75) is 17.2 Å². The number of hydrogen-bond acceptors (Lipinski definition) is 4. The van der Waals surface area contributed by atoms with Crippen LogP contribution in [0.5, 0.6) is 5.88 Å². The molecule has 0 atom stereocenters. The molecule has 0 aliphatic carbocycles. The molecule has 1 aromatic heterocycles. The lowest BCUT2D eigenvalue weighted by molar-refractivity contribution is 0.397. The van der Waals surface area contributed by atoms with Gasteiger partial charge in [0.25, 0.3) is 0 Å². The molecular formula is C14H16N2OS. The lowest BCUT2D eigenvalue weighted by Gasteiger charge is -2.05. The number of ether oxygens (including phenoxy) is 1. The van der Waals surface area contributed by atoms with Crippen LogP contribution in [0.25, 0.3) is 0 Å². The monoisotopic (exact) mass is 260 g/mol. The second kappa shape index (κ2) is 6.42. The largest absolute Gasteiger partial charge is 0.481 e. The zero-order chi connectivity index (χ0) is 12.8. The first kappa shape index (κ1) is 12.9. The van der Waals surface area contributed by atoms with Crippen LogP contribution in [0.1, 0.15) is 11.3 Å². The Bertz CT molecular complexity index is 469. The fourth-order valence-electron chi connectivity index (χ4n) is 1.57. The standard InChI is InChI=1S/C14H16N2OS/c1-17-14-7-3-5-12(16-14)10-18-13-6-2-4-11(8-13)9-15/h2-8H,9-10,15H2,1H3. The van der Waals surface area contributed by atoms with Gasteiger partial charge in [0.2, 0.25) is 5.88 Å². The molecule has 94 valence electrons. The maximum atomic E-state index is 5.63. The van der Waals surface area contributed by atoms with Gasteiger partial charge in [-0.25, -0.2) is 4.98 Å². The smallest absolute Gasteiger partial charge is 0.213 e. The lowest BCUT2D eigenvalue weighted by atomic mass is 10.2. The first-order chi connectivity index (χ1) is 8.81. The molecule has 1 aromatic carbocycles. The van der Waals surface area contributed by atoms with Crippen LogP contribution >= 0.6 is 11.8 Å². The van der Waals surface area contributed by atoms with Crippen molar-refractivity contribution in [1.82, 2.24) is 4.98 Å². The van der Waals surface area contributed by atoms with Gasteiger partial charge in [0.15, 0.2) is 0 Å². The minimum Gasteiger partial charge on any atom is -0.481 e. The Kier molecular flexibility index (Phi) is 4.61. The zero-order valence-corrected chi connectivity index (χ0v) is 11.1. The Morgan fingerprint density at radius 1 is 1.22 bits per heavy atom. The summed E-state index contributed by atoms with van der Waals surface area (Å²) in [5.41, 5.74) is 7.79. The zero-order valence-electron chi connectivity index (χ0n) is 10.3. The summed E-state index contributed by atoms with van der Waals surface area (Å²) in [6.45, 7) is 0.575. The van der Waals surface area contributed by atoms with Crippen LogP contribution in [-0.2, 0) is 12.3 Å². The van der Waals surface area contributed by atoms with Crippen LogP contribution in [0.4, 0.5) is 0 Å². The fourth-order valence-corrected chi connectivity index (χ4v) is 2.46. The van der Waals surface area contributed by atoms with Crippen molar-refractivity contribution >= 4 is 11.8 Å². The first-order valence-electron chi connectivity index (χ1n) is 5.73. The fraction of sp³-hybridized carbons (Fsp3) is 0.214. The molecule has 0 fully saturated rings. The third kappa shape index (κ3) is 3.48. The van der Waals surface area contributed by atoms with Crippen molar-refractivity contribution in [3.05, 3.63) is 53.7 Å². The van der Waals surface area contributed by atoms with Gasteiger partial charge in [0, 0.05) is 23.3 Å². The Morgan fingerprint density at radius 3 is 2.83 bits per heavy atom. The number of benzene rings is 1. The van der Waals surface area contributed by atoms with E-state index in [1.807, 2.05) is 30.3 Å². The Hall–Kier alpha value is -1.52. The molecule has 0 bridgehead atoms. The number of rotatable bonds is 5. The minimum absolute atomic E-state index is 0.575. The van der Waals surface area contributed by atoms with E-state index in [1.54, 1.807) is 18.9 Å². The highest BCUT2D eigenvalue weighted by Crippen LogP contribution is 2.23. The summed E-state index contributed by atoms with van der Waals surface area (Å²) < 4.78 is 5.11. The first-order valence-corrected chi connectivity index (χ1v) is 6.72. The molecule has 0 aliphatic heterocycles. The molecule has 2 rings (SSSR count). The number of aromatic nitrogens is 1. The van der Waals surface area contributed by atoms with E-state index in [0.717, 1.165) is 17.0 Å². The van der Waals surface area contributed by atoms with Crippen molar-refractivity contribution in [2.24, 2.45) is 5.73 Å². The van der Waals surface area contributed by atoms with Gasteiger partial charge in [0.05, 0.1) is 12.8 Å². The maximum Gasteiger partial charge on any atom is 0.213 e. The quantitative estimate of drug-likeness (QED) is 0.840. The Balaban J connectivity index is 2.01. The van der Waals surface area contributed by atoms with Crippen LogP contribution in [0.3, 0.4) is 0 Å². The third-order valence-electron chi connectivity index (χ3n) is 2.51. The molecule has 3 nitrogen and oxygen atoms in total. The summed E-state index contributed by atoms with van der Waals surface area (Å²) in [4.78, 5) is 5.59. The molecule has 2 N–H and O–H groups in total. The van der Waals surface area contributed by atoms with Gasteiger partial charge in [-0.1, -0.05) is 18.2 Å². The molecule has 0 spiro atoms. The summed E-state index contributed by atoms with van der Waals surface area (Å²) >= 11 is 1.75. The van der Waals surface area contributed by atoms with Crippen molar-refractivity contribution in [3.63, 3.8) is 0 Å². The summed E-state index contributed by atoms with van der Waals surface area (Å²) in [6.07, 6.45) is 0. The van der Waals surface area contributed by atoms with E-state index in [2.05, 4.69) is 17.1 Å². The SMILES string of the molecule is COc1cccc(CSc2cccc(CN)c2)n1. The van der Waals surface area contributed by atoms with Gasteiger partial charge in [0.1, 0.15) is 0 Å². The van der Waals surface area contributed by atoms with Gasteiger partial charge < -0.3 is 10.5 Å². The Morgan fingerprint density at radius 2 is 2.06 bits per heavy atom. The summed E-state index contributed by atoms with van der Waals surface area (Å²) in [5.74, 6) is 1.48. The maximum absolute atomic E-state index is 5.63. The predicted molar refractivity (Wildman–Crippen MR) is 74.7 cm³/mol. The molecule has 2 aromatic rings. The highest BCUT2D eigenvalue weighted by atomic mass is 32.2. The van der Waals surface area contributed by atoms with Crippen LogP contribution in [-0.4, -0.2) is 12.1 Å². The number of nitrogens with two attached hydrogens (primary N) is 1. The highest BCUT2D eigenvalue weighted by molar-refractivity contribution is 7.98. The van der Waals surface area contributed by atoms with Crippen molar-refractivity contribution in [3.8, 4) is 5.88 Å². The second-order valence-electron chi connectivity index (χ2n) is 3.81. The van der Waals surface area contributed by atoms with Crippen LogP contribution in [0.15, 0.2) is 47.4 Å². The van der Waals surface area contributed by atoms with Gasteiger partial charge in [-0.15, -0.1) is 11.8 Å². The Labute approximate surface area is 111 Å². The van der Waals surface area contributed by atoms with Gasteiger partial charge >= 0.3 is 0 Å². The predicted octanol–water partition coefficient (Wildman–Crippen LogP) is 2.84. The average molecular weight is 260 g/mol. The molecule has 4 heteroatoms. The number of pyridine rings is 1. The summed E-state index contributed by atoms with van der Waals surface area (Å²) in [6, 6.07) is 14.1. The number of nitrogens with zero attached hydrogens (tertiary/aromatic N) is 1. The molecule has 0 radical (unpaired) electrons. The summed E-state index contributed by atoms with van der Waals surface area (Å²) in [5, 5.41) is 0. The van der Waals surface area contributed by atoms with Gasteiger partial charge in [-0.2, -0.15) is 0 Å². The van der Waals surface area contributed by atoms with E-state index in [-0.39, 0.29) is 0 Å². The molecular weight excluding hydrogens is 244 g/mol. The van der Waals surface area contributed by atoms with Crippen LogP contribution < -0.4 is 10.5 Å².